The molecule has 0 amide bonds. The van der Waals surface area contributed by atoms with Gasteiger partial charge in [0.2, 0.25) is 0 Å². The molecule has 3 rings (SSSR count). The van der Waals surface area contributed by atoms with Gasteiger partial charge in [-0.3, -0.25) is 0 Å². The minimum absolute atomic E-state index is 0.0196. The summed E-state index contributed by atoms with van der Waals surface area (Å²) in [7, 11) is 0. The average molecular weight is 256 g/mol. The van der Waals surface area contributed by atoms with Crippen LogP contribution in [0.5, 0.6) is 5.75 Å². The highest BCUT2D eigenvalue weighted by Gasteiger charge is 2.10. The number of para-hydroxylation sites is 1. The van der Waals surface area contributed by atoms with Crippen molar-refractivity contribution < 1.29 is 5.11 Å². The van der Waals surface area contributed by atoms with Crippen LogP contribution in [0.25, 0.3) is 20.8 Å². The molecule has 0 aliphatic heterocycles. The van der Waals surface area contributed by atoms with E-state index in [2.05, 4.69) is 10.2 Å². The number of nitroso groups, excluding NO2 is 1. The standard InChI is InChI=1S/C13H8N2O2S/c16-11-7-8(15-17)5-6-9(11)13-14-10-3-1-2-4-12(10)18-13/h1-7,16H. The number of nitrogens with zero attached hydrogens (tertiary/aromatic N) is 2. The molecule has 1 N–H and O–H groups in total. The van der Waals surface area contributed by atoms with E-state index in [9.17, 15) is 10.0 Å². The van der Waals surface area contributed by atoms with Gasteiger partial charge in [-0.15, -0.1) is 16.2 Å². The van der Waals surface area contributed by atoms with Crippen molar-refractivity contribution in [3.05, 3.63) is 47.4 Å². The fraction of sp³-hybridized carbons (Fsp3) is 0. The second-order valence-electron chi connectivity index (χ2n) is 3.78. The Kier molecular flexibility index (Phi) is 2.53. The highest BCUT2D eigenvalue weighted by Crippen LogP contribution is 2.36. The minimum Gasteiger partial charge on any atom is -0.507 e. The third-order valence-corrected chi connectivity index (χ3v) is 3.68. The fourth-order valence-corrected chi connectivity index (χ4v) is 2.74. The van der Waals surface area contributed by atoms with Crippen LogP contribution in [0.1, 0.15) is 0 Å². The third-order valence-electron chi connectivity index (χ3n) is 2.61. The van der Waals surface area contributed by atoms with Gasteiger partial charge in [-0.2, -0.15) is 0 Å². The first kappa shape index (κ1) is 10.9. The third kappa shape index (κ3) is 1.74. The SMILES string of the molecule is O=Nc1ccc(-c2nc3ccccc3s2)c(O)c1. The molecular formula is C13H8N2O2S. The molecule has 1 heterocycles. The van der Waals surface area contributed by atoms with Crippen molar-refractivity contribution in [3.8, 4) is 16.3 Å². The van der Waals surface area contributed by atoms with Crippen molar-refractivity contribution in [2.24, 2.45) is 5.18 Å². The van der Waals surface area contributed by atoms with Crippen molar-refractivity contribution in [2.45, 2.75) is 0 Å². The number of fused-ring (bicyclic) bond motifs is 1. The summed E-state index contributed by atoms with van der Waals surface area (Å²) in [5.74, 6) is 0.0196. The Morgan fingerprint density at radius 2 is 2.00 bits per heavy atom. The van der Waals surface area contributed by atoms with E-state index in [0.29, 0.717) is 5.56 Å². The Bertz CT molecular complexity index is 704. The van der Waals surface area contributed by atoms with E-state index in [1.807, 2.05) is 24.3 Å². The van der Waals surface area contributed by atoms with Crippen LogP contribution in [0, 0.1) is 4.91 Å². The Hall–Kier alpha value is -2.27. The summed E-state index contributed by atoms with van der Waals surface area (Å²) >= 11 is 1.50. The number of phenolic OH excluding ortho intramolecular Hbond substituents is 1. The maximum atomic E-state index is 10.4. The number of rotatable bonds is 2. The molecule has 0 saturated heterocycles. The van der Waals surface area contributed by atoms with Gasteiger partial charge >= 0.3 is 0 Å². The first-order valence-corrected chi connectivity index (χ1v) is 6.12. The van der Waals surface area contributed by atoms with Crippen molar-refractivity contribution in [2.75, 3.05) is 0 Å². The van der Waals surface area contributed by atoms with Crippen LogP contribution in [-0.2, 0) is 0 Å². The predicted molar refractivity (Wildman–Crippen MR) is 72.2 cm³/mol. The van der Waals surface area contributed by atoms with Gasteiger partial charge in [0.25, 0.3) is 0 Å². The number of hydrogen-bond donors (Lipinski definition) is 1. The van der Waals surface area contributed by atoms with Crippen molar-refractivity contribution in [1.29, 1.82) is 0 Å². The van der Waals surface area contributed by atoms with E-state index in [4.69, 9.17) is 0 Å². The van der Waals surface area contributed by atoms with Crippen LogP contribution in [0.2, 0.25) is 0 Å². The molecule has 2 aromatic carbocycles. The second-order valence-corrected chi connectivity index (χ2v) is 4.81. The predicted octanol–water partition coefficient (Wildman–Crippen LogP) is 4.07. The molecule has 0 aliphatic carbocycles. The van der Waals surface area contributed by atoms with Gasteiger partial charge in [0.05, 0.1) is 15.8 Å². The van der Waals surface area contributed by atoms with Crippen LogP contribution >= 0.6 is 11.3 Å². The van der Waals surface area contributed by atoms with Gasteiger partial charge in [0.1, 0.15) is 16.4 Å². The molecule has 18 heavy (non-hydrogen) atoms. The molecule has 88 valence electrons. The molecular weight excluding hydrogens is 248 g/mol. The molecule has 0 radical (unpaired) electrons. The maximum absolute atomic E-state index is 10.4. The lowest BCUT2D eigenvalue weighted by atomic mass is 10.2. The van der Waals surface area contributed by atoms with E-state index in [1.54, 1.807) is 12.1 Å². The maximum Gasteiger partial charge on any atom is 0.128 e. The second kappa shape index (κ2) is 4.19. The summed E-state index contributed by atoms with van der Waals surface area (Å²) in [4.78, 5) is 14.8. The number of aromatic hydroxyl groups is 1. The number of hydrogen-bond acceptors (Lipinski definition) is 5. The highest BCUT2D eigenvalue weighted by molar-refractivity contribution is 7.21. The van der Waals surface area contributed by atoms with Gasteiger partial charge in [0.15, 0.2) is 0 Å². The van der Waals surface area contributed by atoms with Crippen molar-refractivity contribution in [3.63, 3.8) is 0 Å². The van der Waals surface area contributed by atoms with E-state index < -0.39 is 0 Å². The van der Waals surface area contributed by atoms with Crippen LogP contribution in [0.3, 0.4) is 0 Å². The number of thiazole rings is 1. The molecule has 3 aromatic rings. The molecule has 0 unspecified atom stereocenters. The molecule has 1 aromatic heterocycles. The quantitative estimate of drug-likeness (QED) is 0.703. The molecule has 0 atom stereocenters. The molecule has 0 bridgehead atoms. The first-order valence-electron chi connectivity index (χ1n) is 5.30. The molecule has 0 spiro atoms. The van der Waals surface area contributed by atoms with Crippen molar-refractivity contribution >= 4 is 27.2 Å². The lowest BCUT2D eigenvalue weighted by molar-refractivity contribution is 0.477. The van der Waals surface area contributed by atoms with Gasteiger partial charge < -0.3 is 5.11 Å². The lowest BCUT2D eigenvalue weighted by Gasteiger charge is -2.00. The molecule has 0 fully saturated rings. The van der Waals surface area contributed by atoms with Gasteiger partial charge in [-0.1, -0.05) is 12.1 Å². The fourth-order valence-electron chi connectivity index (χ4n) is 1.75. The lowest BCUT2D eigenvalue weighted by Crippen LogP contribution is -1.77. The van der Waals surface area contributed by atoms with Crippen LogP contribution < -0.4 is 0 Å². The number of phenols is 1. The summed E-state index contributed by atoms with van der Waals surface area (Å²) in [5.41, 5.74) is 1.72. The summed E-state index contributed by atoms with van der Waals surface area (Å²) in [6.45, 7) is 0. The van der Waals surface area contributed by atoms with E-state index >= 15 is 0 Å². The van der Waals surface area contributed by atoms with E-state index in [-0.39, 0.29) is 11.4 Å². The number of aromatic nitrogens is 1. The zero-order valence-electron chi connectivity index (χ0n) is 9.20. The normalized spacial score (nSPS) is 10.7. The van der Waals surface area contributed by atoms with Crippen molar-refractivity contribution in [1.82, 2.24) is 4.98 Å². The Balaban J connectivity index is 2.16. The monoisotopic (exact) mass is 256 g/mol. The summed E-state index contributed by atoms with van der Waals surface area (Å²) < 4.78 is 1.06. The smallest absolute Gasteiger partial charge is 0.128 e. The topological polar surface area (TPSA) is 62.5 Å². The van der Waals surface area contributed by atoms with Crippen LogP contribution in [0.4, 0.5) is 5.69 Å². The van der Waals surface area contributed by atoms with E-state index in [1.165, 1.54) is 17.4 Å². The van der Waals surface area contributed by atoms with E-state index in [0.717, 1.165) is 15.2 Å². The van der Waals surface area contributed by atoms with Crippen LogP contribution in [-0.4, -0.2) is 10.1 Å². The molecule has 0 saturated carbocycles. The summed E-state index contributed by atoms with van der Waals surface area (Å²) in [6, 6.07) is 12.3. The molecule has 4 nitrogen and oxygen atoms in total. The van der Waals surface area contributed by atoms with Gasteiger partial charge in [-0.05, 0) is 29.4 Å². The zero-order valence-corrected chi connectivity index (χ0v) is 10.0. The Morgan fingerprint density at radius 1 is 1.17 bits per heavy atom. The first-order chi connectivity index (χ1) is 8.78. The number of benzene rings is 2. The van der Waals surface area contributed by atoms with Gasteiger partial charge in [0, 0.05) is 6.07 Å². The molecule has 5 heteroatoms. The Morgan fingerprint density at radius 3 is 2.72 bits per heavy atom. The summed E-state index contributed by atoms with van der Waals surface area (Å²) in [6.07, 6.45) is 0. The largest absolute Gasteiger partial charge is 0.507 e. The zero-order chi connectivity index (χ0) is 12.5. The Labute approximate surface area is 107 Å². The highest BCUT2D eigenvalue weighted by atomic mass is 32.1. The van der Waals surface area contributed by atoms with Gasteiger partial charge in [-0.25, -0.2) is 4.98 Å². The van der Waals surface area contributed by atoms with Crippen LogP contribution in [0.15, 0.2) is 47.6 Å². The average Bonchev–Trinajstić information content (AvgIpc) is 2.81. The molecule has 0 aliphatic rings. The minimum atomic E-state index is 0.0196. The summed E-state index contributed by atoms with van der Waals surface area (Å²) in [5, 5.41) is 13.4.